The first-order valence-electron chi connectivity index (χ1n) is 10.8. The predicted octanol–water partition coefficient (Wildman–Crippen LogP) is 5.33. The van der Waals surface area contributed by atoms with E-state index in [1.165, 1.54) is 19.2 Å². The number of oxazole rings is 1. The number of fused-ring (bicyclic) bond motifs is 1. The molecule has 3 aromatic heterocycles. The summed E-state index contributed by atoms with van der Waals surface area (Å²) in [6.07, 6.45) is 6.72. The van der Waals surface area contributed by atoms with Crippen LogP contribution in [0.2, 0.25) is 0 Å². The molecule has 0 spiro atoms. The first kappa shape index (κ1) is 23.1. The summed E-state index contributed by atoms with van der Waals surface area (Å²) in [4.78, 5) is 24.8. The Hall–Kier alpha value is -4.07. The Balaban J connectivity index is 1.49. The van der Waals surface area contributed by atoms with Crippen molar-refractivity contribution in [2.75, 3.05) is 7.11 Å². The second kappa shape index (κ2) is 10.2. The van der Waals surface area contributed by atoms with Gasteiger partial charge in [0.15, 0.2) is 17.2 Å². The summed E-state index contributed by atoms with van der Waals surface area (Å²) < 4.78 is 25.0. The molecule has 1 unspecified atom stereocenters. The molecule has 174 valence electrons. The normalized spacial score (nSPS) is 12.3. The number of allylic oxidation sites excluding steroid dienone is 1. The number of carbonyl (C=O) groups is 1. The number of ether oxygens (including phenoxy) is 1. The molecule has 0 fully saturated rings. The highest BCUT2D eigenvalue weighted by atomic mass is 19.1. The Labute approximate surface area is 196 Å². The minimum Gasteiger partial charge on any atom is -0.494 e. The van der Waals surface area contributed by atoms with E-state index in [1.807, 2.05) is 36.4 Å². The SMILES string of the molecule is COc1ccc(C(CC(=O)O)c2nc(/C=C/CCc3ccc4cccnc4n3)c(C)o2)cc1F. The van der Waals surface area contributed by atoms with Crippen LogP contribution in [0.25, 0.3) is 17.1 Å². The van der Waals surface area contributed by atoms with Crippen LogP contribution in [0.4, 0.5) is 4.39 Å². The topological polar surface area (TPSA) is 98.3 Å². The van der Waals surface area contributed by atoms with Gasteiger partial charge in [0.05, 0.1) is 19.4 Å². The number of hydrogen-bond acceptors (Lipinski definition) is 6. The average molecular weight is 461 g/mol. The van der Waals surface area contributed by atoms with Crippen LogP contribution in [0.15, 0.2) is 59.2 Å². The molecule has 34 heavy (non-hydrogen) atoms. The zero-order chi connectivity index (χ0) is 24.1. The lowest BCUT2D eigenvalue weighted by Gasteiger charge is -2.13. The van der Waals surface area contributed by atoms with Gasteiger partial charge in [-0.15, -0.1) is 0 Å². The van der Waals surface area contributed by atoms with Gasteiger partial charge in [-0.3, -0.25) is 4.79 Å². The molecule has 4 aromatic rings. The van der Waals surface area contributed by atoms with Crippen LogP contribution in [0.3, 0.4) is 0 Å². The Morgan fingerprint density at radius 1 is 1.24 bits per heavy atom. The number of methoxy groups -OCH3 is 1. The van der Waals surface area contributed by atoms with Crippen LogP contribution in [0.1, 0.15) is 47.4 Å². The Bertz CT molecular complexity index is 1350. The summed E-state index contributed by atoms with van der Waals surface area (Å²) in [5.74, 6) is -1.47. The van der Waals surface area contributed by atoms with E-state index < -0.39 is 17.7 Å². The number of nitrogens with zero attached hydrogens (tertiary/aromatic N) is 3. The standard InChI is InChI=1S/C26H24FN3O4/c1-16-22(8-4-3-7-19-11-9-17-6-5-13-28-25(17)29-19)30-26(34-16)20(15-24(31)32)18-10-12-23(33-2)21(27)14-18/h4-6,8-14,20H,3,7,15H2,1-2H3,(H,31,32)/b8-4+. The molecule has 4 rings (SSSR count). The van der Waals surface area contributed by atoms with Crippen LogP contribution in [-0.4, -0.2) is 33.1 Å². The molecule has 0 aliphatic heterocycles. The van der Waals surface area contributed by atoms with Crippen molar-refractivity contribution < 1.29 is 23.4 Å². The van der Waals surface area contributed by atoms with Crippen molar-refractivity contribution in [1.82, 2.24) is 15.0 Å². The zero-order valence-corrected chi connectivity index (χ0v) is 18.9. The van der Waals surface area contributed by atoms with Crippen LogP contribution in [0, 0.1) is 12.7 Å². The number of pyridine rings is 2. The van der Waals surface area contributed by atoms with Crippen molar-refractivity contribution in [1.29, 1.82) is 0 Å². The number of aromatic nitrogens is 3. The van der Waals surface area contributed by atoms with Gasteiger partial charge < -0.3 is 14.3 Å². The van der Waals surface area contributed by atoms with E-state index in [9.17, 15) is 14.3 Å². The molecule has 7 nitrogen and oxygen atoms in total. The summed E-state index contributed by atoms with van der Waals surface area (Å²) in [5.41, 5.74) is 2.72. The first-order chi connectivity index (χ1) is 16.4. The van der Waals surface area contributed by atoms with Crippen LogP contribution < -0.4 is 4.74 Å². The molecule has 1 N–H and O–H groups in total. The number of halogens is 1. The third-order valence-corrected chi connectivity index (χ3v) is 5.47. The fraction of sp³-hybridized carbons (Fsp3) is 0.231. The fourth-order valence-corrected chi connectivity index (χ4v) is 3.71. The second-order valence-electron chi connectivity index (χ2n) is 7.83. The molecule has 0 amide bonds. The molecule has 3 heterocycles. The first-order valence-corrected chi connectivity index (χ1v) is 10.8. The second-order valence-corrected chi connectivity index (χ2v) is 7.83. The molecule has 0 aliphatic rings. The van der Waals surface area contributed by atoms with Crippen molar-refractivity contribution in [2.24, 2.45) is 0 Å². The van der Waals surface area contributed by atoms with E-state index in [2.05, 4.69) is 15.0 Å². The minimum absolute atomic E-state index is 0.0849. The molecule has 1 aromatic carbocycles. The zero-order valence-electron chi connectivity index (χ0n) is 18.9. The Kier molecular flexibility index (Phi) is 6.96. The third kappa shape index (κ3) is 5.28. The number of benzene rings is 1. The van der Waals surface area contributed by atoms with E-state index in [-0.39, 0.29) is 18.1 Å². The molecule has 8 heteroatoms. The minimum atomic E-state index is -1.04. The van der Waals surface area contributed by atoms with E-state index in [4.69, 9.17) is 9.15 Å². The Morgan fingerprint density at radius 2 is 2.09 bits per heavy atom. The van der Waals surface area contributed by atoms with Crippen LogP contribution in [-0.2, 0) is 11.2 Å². The van der Waals surface area contributed by atoms with E-state index >= 15 is 0 Å². The maximum absolute atomic E-state index is 14.2. The molecular formula is C26H24FN3O4. The molecular weight excluding hydrogens is 437 g/mol. The summed E-state index contributed by atoms with van der Waals surface area (Å²) in [6, 6.07) is 12.2. The van der Waals surface area contributed by atoms with Crippen molar-refractivity contribution >= 4 is 23.1 Å². The third-order valence-electron chi connectivity index (χ3n) is 5.47. The van der Waals surface area contributed by atoms with E-state index in [1.54, 1.807) is 19.2 Å². The van der Waals surface area contributed by atoms with E-state index in [0.29, 0.717) is 17.0 Å². The molecule has 0 saturated carbocycles. The lowest BCUT2D eigenvalue weighted by Crippen LogP contribution is -2.09. The lowest BCUT2D eigenvalue weighted by molar-refractivity contribution is -0.137. The molecule has 1 atom stereocenters. The fourth-order valence-electron chi connectivity index (χ4n) is 3.71. The highest BCUT2D eigenvalue weighted by Gasteiger charge is 2.25. The summed E-state index contributed by atoms with van der Waals surface area (Å²) in [5, 5.41) is 10.4. The van der Waals surface area contributed by atoms with E-state index in [0.717, 1.165) is 29.6 Å². The van der Waals surface area contributed by atoms with Crippen molar-refractivity contribution in [2.45, 2.75) is 32.1 Å². The number of aliphatic carboxylic acids is 1. The van der Waals surface area contributed by atoms with Gasteiger partial charge in [-0.1, -0.05) is 12.1 Å². The van der Waals surface area contributed by atoms with Gasteiger partial charge in [0.1, 0.15) is 11.5 Å². The smallest absolute Gasteiger partial charge is 0.304 e. The maximum atomic E-state index is 14.2. The molecule has 0 aliphatic carbocycles. The largest absolute Gasteiger partial charge is 0.494 e. The van der Waals surface area contributed by atoms with Crippen molar-refractivity contribution in [3.05, 3.63) is 89.2 Å². The van der Waals surface area contributed by atoms with Gasteiger partial charge in [0, 0.05) is 17.3 Å². The van der Waals surface area contributed by atoms with Gasteiger partial charge in [0.25, 0.3) is 0 Å². The molecule has 0 saturated heterocycles. The van der Waals surface area contributed by atoms with Crippen molar-refractivity contribution in [3.63, 3.8) is 0 Å². The number of carboxylic acid groups (broad SMARTS) is 1. The molecule has 0 bridgehead atoms. The number of carboxylic acids is 1. The highest BCUT2D eigenvalue weighted by molar-refractivity contribution is 5.74. The maximum Gasteiger partial charge on any atom is 0.304 e. The lowest BCUT2D eigenvalue weighted by atomic mass is 9.95. The summed E-state index contributed by atoms with van der Waals surface area (Å²) in [7, 11) is 1.37. The van der Waals surface area contributed by atoms with Crippen LogP contribution in [0.5, 0.6) is 5.75 Å². The number of rotatable bonds is 9. The summed E-state index contributed by atoms with van der Waals surface area (Å²) in [6.45, 7) is 1.76. The number of aryl methyl sites for hydroxylation is 2. The Morgan fingerprint density at radius 3 is 2.85 bits per heavy atom. The van der Waals surface area contributed by atoms with Gasteiger partial charge >= 0.3 is 5.97 Å². The average Bonchev–Trinajstić information content (AvgIpc) is 3.20. The summed E-state index contributed by atoms with van der Waals surface area (Å²) >= 11 is 0. The van der Waals surface area contributed by atoms with Gasteiger partial charge in [0.2, 0.25) is 5.89 Å². The van der Waals surface area contributed by atoms with Gasteiger partial charge in [-0.2, -0.15) is 0 Å². The van der Waals surface area contributed by atoms with Crippen molar-refractivity contribution in [3.8, 4) is 5.75 Å². The highest BCUT2D eigenvalue weighted by Crippen LogP contribution is 2.32. The molecule has 0 radical (unpaired) electrons. The van der Waals surface area contributed by atoms with Gasteiger partial charge in [-0.05, 0) is 67.8 Å². The quantitative estimate of drug-likeness (QED) is 0.360. The monoisotopic (exact) mass is 461 g/mol. The number of hydrogen-bond donors (Lipinski definition) is 1. The predicted molar refractivity (Wildman–Crippen MR) is 125 cm³/mol. The van der Waals surface area contributed by atoms with Gasteiger partial charge in [-0.25, -0.2) is 19.3 Å². The van der Waals surface area contributed by atoms with Crippen LogP contribution >= 0.6 is 0 Å².